The van der Waals surface area contributed by atoms with Crippen LogP contribution < -0.4 is 0 Å². The van der Waals surface area contributed by atoms with Crippen LogP contribution in [0.15, 0.2) is 36.7 Å². The molecule has 0 aliphatic heterocycles. The number of carbonyl (C=O) groups is 1. The molecule has 0 fully saturated rings. The number of H-pyrrole nitrogens is 1. The molecule has 1 heterocycles. The van der Waals surface area contributed by atoms with E-state index >= 15 is 0 Å². The molecule has 0 unspecified atom stereocenters. The molecule has 0 aliphatic rings. The largest absolute Gasteiger partial charge is 0.481 e. The summed E-state index contributed by atoms with van der Waals surface area (Å²) in [6, 6.07) is 7.97. The highest BCUT2D eigenvalue weighted by atomic mass is 35.5. The van der Waals surface area contributed by atoms with Crippen molar-refractivity contribution in [1.29, 1.82) is 0 Å². The van der Waals surface area contributed by atoms with Crippen LogP contribution >= 0.6 is 12.4 Å². The second-order valence-corrected chi connectivity index (χ2v) is 3.92. The molecule has 96 valence electrons. The van der Waals surface area contributed by atoms with Crippen LogP contribution in [0.1, 0.15) is 23.4 Å². The molecule has 2 rings (SSSR count). The van der Waals surface area contributed by atoms with Gasteiger partial charge in [-0.15, -0.1) is 12.4 Å². The van der Waals surface area contributed by atoms with Crippen molar-refractivity contribution in [3.63, 3.8) is 0 Å². The summed E-state index contributed by atoms with van der Waals surface area (Å²) in [4.78, 5) is 17.7. The minimum absolute atomic E-state index is 0. The van der Waals surface area contributed by atoms with Crippen LogP contribution in [0, 0.1) is 0 Å². The van der Waals surface area contributed by atoms with Gasteiger partial charge >= 0.3 is 5.97 Å². The molecule has 1 aromatic carbocycles. The standard InChI is InChI=1S/C13H14N2O2.ClH/c16-13(17)6-5-10-1-3-11(4-2-10)9-12-14-7-8-15-12;/h1-4,7-8H,5-6,9H2,(H,14,15)(H,16,17);1H. The Bertz CT molecular complexity index is 480. The smallest absolute Gasteiger partial charge is 0.303 e. The Morgan fingerprint density at radius 1 is 1.22 bits per heavy atom. The van der Waals surface area contributed by atoms with Crippen molar-refractivity contribution >= 4 is 18.4 Å². The first-order valence-electron chi connectivity index (χ1n) is 5.52. The van der Waals surface area contributed by atoms with Gasteiger partial charge in [-0.3, -0.25) is 4.79 Å². The number of benzene rings is 1. The van der Waals surface area contributed by atoms with Crippen LogP contribution in [0.25, 0.3) is 0 Å². The summed E-state index contributed by atoms with van der Waals surface area (Å²) < 4.78 is 0. The van der Waals surface area contributed by atoms with E-state index in [9.17, 15) is 4.79 Å². The maximum Gasteiger partial charge on any atom is 0.303 e. The number of halogens is 1. The van der Waals surface area contributed by atoms with Crippen molar-refractivity contribution in [2.24, 2.45) is 0 Å². The highest BCUT2D eigenvalue weighted by molar-refractivity contribution is 5.85. The fourth-order valence-electron chi connectivity index (χ4n) is 1.66. The van der Waals surface area contributed by atoms with E-state index in [1.807, 2.05) is 24.3 Å². The molecule has 0 radical (unpaired) electrons. The molecular formula is C13H15ClN2O2. The van der Waals surface area contributed by atoms with Crippen molar-refractivity contribution in [1.82, 2.24) is 9.97 Å². The predicted octanol–water partition coefficient (Wildman–Crippen LogP) is 2.44. The maximum atomic E-state index is 10.4. The van der Waals surface area contributed by atoms with Crippen molar-refractivity contribution in [3.05, 3.63) is 53.6 Å². The SMILES string of the molecule is Cl.O=C(O)CCc1ccc(Cc2ncc[nH]2)cc1. The molecular weight excluding hydrogens is 252 g/mol. The summed E-state index contributed by atoms with van der Waals surface area (Å²) in [5.74, 6) is 0.174. The molecule has 5 heteroatoms. The van der Waals surface area contributed by atoms with Gasteiger partial charge in [0.25, 0.3) is 0 Å². The highest BCUT2D eigenvalue weighted by Crippen LogP contribution is 2.09. The van der Waals surface area contributed by atoms with Gasteiger partial charge in [0.05, 0.1) is 0 Å². The van der Waals surface area contributed by atoms with Gasteiger partial charge in [0.15, 0.2) is 0 Å². The molecule has 2 N–H and O–H groups in total. The first kappa shape index (κ1) is 14.3. The van der Waals surface area contributed by atoms with Gasteiger partial charge in [0.2, 0.25) is 0 Å². The number of hydrogen-bond acceptors (Lipinski definition) is 2. The van der Waals surface area contributed by atoms with E-state index in [1.165, 1.54) is 5.56 Å². The number of aliphatic carboxylic acids is 1. The molecule has 1 aromatic heterocycles. The second kappa shape index (κ2) is 6.81. The third-order valence-corrected chi connectivity index (χ3v) is 2.58. The first-order chi connectivity index (χ1) is 8.24. The van der Waals surface area contributed by atoms with Gasteiger partial charge in [-0.2, -0.15) is 0 Å². The summed E-state index contributed by atoms with van der Waals surface area (Å²) in [7, 11) is 0. The van der Waals surface area contributed by atoms with Crippen LogP contribution in [-0.2, 0) is 17.6 Å². The van der Waals surface area contributed by atoms with Crippen molar-refractivity contribution in [3.8, 4) is 0 Å². The molecule has 4 nitrogen and oxygen atoms in total. The van der Waals surface area contributed by atoms with Crippen molar-refractivity contribution in [2.75, 3.05) is 0 Å². The molecule has 0 aliphatic carbocycles. The molecule has 0 spiro atoms. The Labute approximate surface area is 111 Å². The Morgan fingerprint density at radius 3 is 2.44 bits per heavy atom. The van der Waals surface area contributed by atoms with E-state index in [2.05, 4.69) is 9.97 Å². The fraction of sp³-hybridized carbons (Fsp3) is 0.231. The number of carboxylic acids is 1. The molecule has 2 aromatic rings. The number of nitrogens with one attached hydrogen (secondary N) is 1. The summed E-state index contributed by atoms with van der Waals surface area (Å²) in [5.41, 5.74) is 2.22. The number of imidazole rings is 1. The van der Waals surface area contributed by atoms with Gasteiger partial charge in [0.1, 0.15) is 5.82 Å². The zero-order valence-electron chi connectivity index (χ0n) is 9.80. The zero-order valence-corrected chi connectivity index (χ0v) is 10.6. The number of carboxylic acid groups (broad SMARTS) is 1. The molecule has 0 saturated carbocycles. The number of aromatic nitrogens is 2. The zero-order chi connectivity index (χ0) is 12.1. The Hall–Kier alpha value is -1.81. The number of hydrogen-bond donors (Lipinski definition) is 2. The Balaban J connectivity index is 0.00000162. The Morgan fingerprint density at radius 2 is 1.89 bits per heavy atom. The van der Waals surface area contributed by atoms with Crippen LogP contribution in [0.4, 0.5) is 0 Å². The molecule has 0 saturated heterocycles. The van der Waals surface area contributed by atoms with Crippen LogP contribution in [0.2, 0.25) is 0 Å². The van der Waals surface area contributed by atoms with Gasteiger partial charge in [-0.1, -0.05) is 24.3 Å². The monoisotopic (exact) mass is 266 g/mol. The van der Waals surface area contributed by atoms with E-state index in [4.69, 9.17) is 5.11 Å². The summed E-state index contributed by atoms with van der Waals surface area (Å²) >= 11 is 0. The lowest BCUT2D eigenvalue weighted by molar-refractivity contribution is -0.136. The van der Waals surface area contributed by atoms with E-state index in [0.717, 1.165) is 17.8 Å². The van der Waals surface area contributed by atoms with E-state index < -0.39 is 5.97 Å². The normalized spacial score (nSPS) is 9.78. The lowest BCUT2D eigenvalue weighted by Crippen LogP contribution is -1.97. The molecule has 0 atom stereocenters. The van der Waals surface area contributed by atoms with Crippen LogP contribution in [0.3, 0.4) is 0 Å². The topological polar surface area (TPSA) is 66.0 Å². The van der Waals surface area contributed by atoms with Crippen LogP contribution in [-0.4, -0.2) is 21.0 Å². The van der Waals surface area contributed by atoms with Crippen LogP contribution in [0.5, 0.6) is 0 Å². The van der Waals surface area contributed by atoms with E-state index in [1.54, 1.807) is 12.4 Å². The lowest BCUT2D eigenvalue weighted by Gasteiger charge is -2.02. The fourth-order valence-corrected chi connectivity index (χ4v) is 1.66. The van der Waals surface area contributed by atoms with E-state index in [-0.39, 0.29) is 18.8 Å². The number of aromatic amines is 1. The maximum absolute atomic E-state index is 10.4. The summed E-state index contributed by atoms with van der Waals surface area (Å²) in [6.07, 6.45) is 5.06. The lowest BCUT2D eigenvalue weighted by atomic mass is 10.1. The predicted molar refractivity (Wildman–Crippen MR) is 71.0 cm³/mol. The summed E-state index contributed by atoms with van der Waals surface area (Å²) in [5, 5.41) is 8.59. The van der Waals surface area contributed by atoms with Gasteiger partial charge in [-0.25, -0.2) is 4.98 Å². The quantitative estimate of drug-likeness (QED) is 0.874. The summed E-state index contributed by atoms with van der Waals surface area (Å²) in [6.45, 7) is 0. The minimum atomic E-state index is -0.760. The third-order valence-electron chi connectivity index (χ3n) is 2.58. The minimum Gasteiger partial charge on any atom is -0.481 e. The van der Waals surface area contributed by atoms with Gasteiger partial charge < -0.3 is 10.1 Å². The molecule has 18 heavy (non-hydrogen) atoms. The third kappa shape index (κ3) is 4.22. The van der Waals surface area contributed by atoms with Gasteiger partial charge in [0, 0.05) is 25.2 Å². The molecule has 0 bridgehead atoms. The number of aryl methyl sites for hydroxylation is 1. The second-order valence-electron chi connectivity index (χ2n) is 3.92. The average molecular weight is 267 g/mol. The van der Waals surface area contributed by atoms with Crippen molar-refractivity contribution < 1.29 is 9.90 Å². The van der Waals surface area contributed by atoms with Gasteiger partial charge in [-0.05, 0) is 17.5 Å². The number of nitrogens with zero attached hydrogens (tertiary/aromatic N) is 1. The average Bonchev–Trinajstić information content (AvgIpc) is 2.81. The molecule has 0 amide bonds. The number of rotatable bonds is 5. The Kier molecular flexibility index (Phi) is 5.39. The first-order valence-corrected chi connectivity index (χ1v) is 5.52. The van der Waals surface area contributed by atoms with E-state index in [0.29, 0.717) is 6.42 Å². The van der Waals surface area contributed by atoms with Crippen molar-refractivity contribution in [2.45, 2.75) is 19.3 Å². The highest BCUT2D eigenvalue weighted by Gasteiger charge is 2.01.